The number of nitrogens with one attached hydrogen (secondary N) is 2. The summed E-state index contributed by atoms with van der Waals surface area (Å²) in [4.78, 5) is 46.6. The summed E-state index contributed by atoms with van der Waals surface area (Å²) >= 11 is 3.12. The average molecular weight is 517 g/mol. The van der Waals surface area contributed by atoms with E-state index in [4.69, 9.17) is 14.6 Å². The molecule has 0 spiro atoms. The minimum atomic E-state index is -1.06. The molecular formula is C21H29BrN2O8. The summed E-state index contributed by atoms with van der Waals surface area (Å²) in [6, 6.07) is 3.26. The Kier molecular flexibility index (Phi) is 10.4. The molecule has 2 atom stereocenters. The number of hydrogen-bond acceptors (Lipinski definition) is 7. The first-order valence-electron chi connectivity index (χ1n) is 9.97. The van der Waals surface area contributed by atoms with Gasteiger partial charge in [0.15, 0.2) is 0 Å². The van der Waals surface area contributed by atoms with E-state index >= 15 is 0 Å². The van der Waals surface area contributed by atoms with E-state index in [1.807, 2.05) is 0 Å². The van der Waals surface area contributed by atoms with Crippen molar-refractivity contribution in [2.45, 2.75) is 63.4 Å². The van der Waals surface area contributed by atoms with Crippen molar-refractivity contribution in [3.8, 4) is 5.75 Å². The zero-order chi connectivity index (χ0) is 24.5. The summed E-state index contributed by atoms with van der Waals surface area (Å²) in [6.07, 6.45) is -0.916. The summed E-state index contributed by atoms with van der Waals surface area (Å²) in [5, 5.41) is 23.8. The fourth-order valence-electron chi connectivity index (χ4n) is 2.52. The summed E-state index contributed by atoms with van der Waals surface area (Å²) in [5.74, 6) is -2.44. The SMILES string of the molecule is CCOC(=O)[C@H](Cc1ccc(O)c(NC(=O)[C@@H](Br)CCC(=O)O)c1)NC(=O)OC(C)(C)C. The first-order chi connectivity index (χ1) is 14.8. The van der Waals surface area contributed by atoms with Crippen molar-refractivity contribution in [1.82, 2.24) is 5.32 Å². The molecule has 0 aliphatic rings. The molecule has 10 nitrogen and oxygen atoms in total. The standard InChI is InChI=1S/C21H29BrN2O8/c1-5-31-19(29)15(24-20(30)32-21(2,3)4)11-12-6-8-16(25)14(10-12)23-18(28)13(22)7-9-17(26)27/h6,8,10,13,15,25H,5,7,9,11H2,1-4H3,(H,23,28)(H,24,30)(H,26,27)/t13-,15-/m0/s1. The van der Waals surface area contributed by atoms with Gasteiger partial charge < -0.3 is 30.3 Å². The van der Waals surface area contributed by atoms with Crippen LogP contribution in [0.15, 0.2) is 18.2 Å². The number of ether oxygens (including phenoxy) is 2. The number of rotatable bonds is 10. The Balaban J connectivity index is 2.96. The van der Waals surface area contributed by atoms with Crippen LogP contribution in [0, 0.1) is 0 Å². The quantitative estimate of drug-likeness (QED) is 0.210. The van der Waals surface area contributed by atoms with Gasteiger partial charge in [-0.15, -0.1) is 0 Å². The highest BCUT2D eigenvalue weighted by molar-refractivity contribution is 9.10. The number of phenolic OH excluding ortho intramolecular Hbond substituents is 1. The van der Waals surface area contributed by atoms with Crippen molar-refractivity contribution in [1.29, 1.82) is 0 Å². The summed E-state index contributed by atoms with van der Waals surface area (Å²) < 4.78 is 10.2. The van der Waals surface area contributed by atoms with Crippen LogP contribution in [0.3, 0.4) is 0 Å². The van der Waals surface area contributed by atoms with Crippen molar-refractivity contribution in [2.24, 2.45) is 0 Å². The predicted molar refractivity (Wildman–Crippen MR) is 120 cm³/mol. The lowest BCUT2D eigenvalue weighted by atomic mass is 10.0. The fourth-order valence-corrected chi connectivity index (χ4v) is 2.87. The maximum absolute atomic E-state index is 12.3. The molecule has 1 aromatic rings. The lowest BCUT2D eigenvalue weighted by Crippen LogP contribution is -2.45. The largest absolute Gasteiger partial charge is 0.506 e. The predicted octanol–water partition coefficient (Wildman–Crippen LogP) is 2.96. The maximum Gasteiger partial charge on any atom is 0.408 e. The van der Waals surface area contributed by atoms with Gasteiger partial charge in [0.05, 0.1) is 17.1 Å². The zero-order valence-electron chi connectivity index (χ0n) is 18.4. The molecule has 0 heterocycles. The van der Waals surface area contributed by atoms with E-state index in [9.17, 15) is 24.3 Å². The number of carboxylic acids is 1. The number of alkyl halides is 1. The normalized spacial score (nSPS) is 12.9. The minimum absolute atomic E-state index is 0.0119. The monoisotopic (exact) mass is 516 g/mol. The Morgan fingerprint density at radius 1 is 1.19 bits per heavy atom. The smallest absolute Gasteiger partial charge is 0.408 e. The number of esters is 1. The number of aromatic hydroxyl groups is 1. The summed E-state index contributed by atoms with van der Waals surface area (Å²) in [7, 11) is 0. The second kappa shape index (κ2) is 12.3. The molecular weight excluding hydrogens is 488 g/mol. The molecule has 0 bridgehead atoms. The number of carbonyl (C=O) groups is 4. The highest BCUT2D eigenvalue weighted by atomic mass is 79.9. The van der Waals surface area contributed by atoms with Gasteiger partial charge in [-0.1, -0.05) is 22.0 Å². The van der Waals surface area contributed by atoms with Crippen LogP contribution in [0.1, 0.15) is 46.1 Å². The molecule has 0 fully saturated rings. The van der Waals surface area contributed by atoms with Gasteiger partial charge in [0.1, 0.15) is 17.4 Å². The number of amides is 2. The first-order valence-corrected chi connectivity index (χ1v) is 10.9. The van der Waals surface area contributed by atoms with Crippen molar-refractivity contribution in [3.05, 3.63) is 23.8 Å². The molecule has 4 N–H and O–H groups in total. The van der Waals surface area contributed by atoms with Gasteiger partial charge >= 0.3 is 18.0 Å². The lowest BCUT2D eigenvalue weighted by Gasteiger charge is -2.23. The molecule has 0 saturated heterocycles. The van der Waals surface area contributed by atoms with Crippen LogP contribution < -0.4 is 10.6 Å². The van der Waals surface area contributed by atoms with Gasteiger partial charge in [-0.2, -0.15) is 0 Å². The molecule has 11 heteroatoms. The number of anilines is 1. The average Bonchev–Trinajstić information content (AvgIpc) is 2.66. The second-order valence-electron chi connectivity index (χ2n) is 7.90. The van der Waals surface area contributed by atoms with Gasteiger partial charge in [-0.3, -0.25) is 9.59 Å². The summed E-state index contributed by atoms with van der Waals surface area (Å²) in [6.45, 7) is 6.82. The summed E-state index contributed by atoms with van der Waals surface area (Å²) in [5.41, 5.74) is -0.164. The van der Waals surface area contributed by atoms with Crippen LogP contribution in [0.2, 0.25) is 0 Å². The van der Waals surface area contributed by atoms with Crippen LogP contribution >= 0.6 is 15.9 Å². The number of phenols is 1. The molecule has 0 radical (unpaired) electrons. The third-order valence-electron chi connectivity index (χ3n) is 3.92. The van der Waals surface area contributed by atoms with E-state index in [0.717, 1.165) is 0 Å². The zero-order valence-corrected chi connectivity index (χ0v) is 20.0. The van der Waals surface area contributed by atoms with E-state index in [-0.39, 0.29) is 37.3 Å². The molecule has 178 valence electrons. The van der Waals surface area contributed by atoms with Gasteiger partial charge in [0.2, 0.25) is 5.91 Å². The van der Waals surface area contributed by atoms with E-state index in [0.29, 0.717) is 5.56 Å². The van der Waals surface area contributed by atoms with Crippen LogP contribution in [0.5, 0.6) is 5.75 Å². The molecule has 2 amide bonds. The number of carboxylic acid groups (broad SMARTS) is 1. The molecule has 1 aromatic carbocycles. The molecule has 0 saturated carbocycles. The lowest BCUT2D eigenvalue weighted by molar-refractivity contribution is -0.145. The molecule has 0 aliphatic carbocycles. The van der Waals surface area contributed by atoms with Gasteiger partial charge in [0, 0.05) is 12.8 Å². The maximum atomic E-state index is 12.3. The molecule has 32 heavy (non-hydrogen) atoms. The molecule has 0 aromatic heterocycles. The van der Waals surface area contributed by atoms with Crippen molar-refractivity contribution in [3.63, 3.8) is 0 Å². The van der Waals surface area contributed by atoms with E-state index in [2.05, 4.69) is 26.6 Å². The number of carbonyl (C=O) groups excluding carboxylic acids is 3. The van der Waals surface area contributed by atoms with Crippen LogP contribution in [0.25, 0.3) is 0 Å². The second-order valence-corrected chi connectivity index (χ2v) is 9.00. The highest BCUT2D eigenvalue weighted by Crippen LogP contribution is 2.26. The number of aliphatic carboxylic acids is 1. The first kappa shape index (κ1) is 27.2. The van der Waals surface area contributed by atoms with E-state index in [1.54, 1.807) is 27.7 Å². The highest BCUT2D eigenvalue weighted by Gasteiger charge is 2.26. The van der Waals surface area contributed by atoms with Gasteiger partial charge in [-0.05, 0) is 51.8 Å². The number of benzene rings is 1. The molecule has 0 aliphatic heterocycles. The Bertz CT molecular complexity index is 838. The molecule has 0 unspecified atom stereocenters. The van der Waals surface area contributed by atoms with Gasteiger partial charge in [0.25, 0.3) is 0 Å². The Labute approximate surface area is 194 Å². The topological polar surface area (TPSA) is 151 Å². The number of alkyl carbamates (subject to hydrolysis) is 1. The van der Waals surface area contributed by atoms with Crippen LogP contribution in [0.4, 0.5) is 10.5 Å². The van der Waals surface area contributed by atoms with Gasteiger partial charge in [-0.25, -0.2) is 9.59 Å². The van der Waals surface area contributed by atoms with E-state index in [1.165, 1.54) is 18.2 Å². The van der Waals surface area contributed by atoms with Crippen molar-refractivity contribution in [2.75, 3.05) is 11.9 Å². The Hall–Kier alpha value is -2.82. The number of hydrogen-bond donors (Lipinski definition) is 4. The van der Waals surface area contributed by atoms with E-state index < -0.39 is 40.4 Å². The minimum Gasteiger partial charge on any atom is -0.506 e. The Morgan fingerprint density at radius 2 is 1.84 bits per heavy atom. The third-order valence-corrected chi connectivity index (χ3v) is 4.79. The van der Waals surface area contributed by atoms with Crippen LogP contribution in [-0.2, 0) is 30.3 Å². The third kappa shape index (κ3) is 9.99. The number of halogens is 1. The van der Waals surface area contributed by atoms with Crippen LogP contribution in [-0.4, -0.2) is 57.2 Å². The molecule has 1 rings (SSSR count). The van der Waals surface area contributed by atoms with Crippen molar-refractivity contribution >= 4 is 45.6 Å². The fraction of sp³-hybridized carbons (Fsp3) is 0.524. The van der Waals surface area contributed by atoms with Crippen molar-refractivity contribution < 1.29 is 38.9 Å². The Morgan fingerprint density at radius 3 is 2.41 bits per heavy atom.